The van der Waals surface area contributed by atoms with Crippen LogP contribution in [0.15, 0.2) is 12.1 Å². The molecule has 182 valence electrons. The number of aromatic nitrogens is 4. The number of nitrogens with one attached hydrogen (secondary N) is 3. The van der Waals surface area contributed by atoms with Gasteiger partial charge in [-0.2, -0.15) is 20.3 Å². The first kappa shape index (κ1) is 22.9. The van der Waals surface area contributed by atoms with Gasteiger partial charge in [-0.05, 0) is 32.6 Å². The summed E-state index contributed by atoms with van der Waals surface area (Å²) in [4.78, 5) is 14.0. The lowest BCUT2D eigenvalue weighted by Gasteiger charge is -2.39. The normalized spacial score (nSPS) is 26.2. The third-order valence-corrected chi connectivity index (χ3v) is 8.65. The molecule has 5 heterocycles. The van der Waals surface area contributed by atoms with E-state index in [1.807, 2.05) is 24.0 Å². The molecule has 0 spiro atoms. The Morgan fingerprint density at radius 3 is 2.53 bits per heavy atom. The van der Waals surface area contributed by atoms with Crippen LogP contribution < -0.4 is 15.5 Å². The van der Waals surface area contributed by atoms with Gasteiger partial charge >= 0.3 is 0 Å². The molecule has 2 bridgehead atoms. The zero-order valence-corrected chi connectivity index (χ0v) is 20.2. The van der Waals surface area contributed by atoms with Crippen LogP contribution in [0.1, 0.15) is 37.8 Å². The second kappa shape index (κ2) is 9.38. The Balaban J connectivity index is 1.34. The fourth-order valence-electron chi connectivity index (χ4n) is 5.40. The minimum absolute atomic E-state index is 0.131. The van der Waals surface area contributed by atoms with Crippen molar-refractivity contribution in [1.82, 2.24) is 25.1 Å². The molecular formula is C22H31N9O2S. The van der Waals surface area contributed by atoms with Gasteiger partial charge in [0.1, 0.15) is 11.6 Å². The molecule has 0 radical (unpaired) electrons. The van der Waals surface area contributed by atoms with Crippen molar-refractivity contribution in [2.24, 2.45) is 0 Å². The van der Waals surface area contributed by atoms with Crippen LogP contribution in [0.5, 0.6) is 0 Å². The molecule has 2 aromatic heterocycles. The molecule has 3 aliphatic heterocycles. The van der Waals surface area contributed by atoms with E-state index in [0.29, 0.717) is 55.0 Å². The van der Waals surface area contributed by atoms with Gasteiger partial charge < -0.3 is 15.5 Å². The Hall–Kier alpha value is -2.91. The molecule has 0 aliphatic carbocycles. The van der Waals surface area contributed by atoms with Gasteiger partial charge in [-0.15, -0.1) is 0 Å². The van der Waals surface area contributed by atoms with E-state index in [9.17, 15) is 8.42 Å². The van der Waals surface area contributed by atoms with Gasteiger partial charge in [0.05, 0.1) is 17.6 Å². The quantitative estimate of drug-likeness (QED) is 0.531. The number of nitrogens with zero attached hydrogens (tertiary/aromatic N) is 6. The maximum absolute atomic E-state index is 11.9. The lowest BCUT2D eigenvalue weighted by atomic mass is 9.97. The summed E-state index contributed by atoms with van der Waals surface area (Å²) in [5, 5.41) is 22.9. The lowest BCUT2D eigenvalue weighted by molar-refractivity contribution is 0.135. The Bertz CT molecular complexity index is 1150. The van der Waals surface area contributed by atoms with Crippen molar-refractivity contribution >= 4 is 33.2 Å². The number of anilines is 4. The second-order valence-electron chi connectivity index (χ2n) is 9.48. The first-order valence-electron chi connectivity index (χ1n) is 11.9. The van der Waals surface area contributed by atoms with Crippen LogP contribution in [-0.2, 0) is 9.84 Å². The van der Waals surface area contributed by atoms with Crippen LogP contribution in [-0.4, -0.2) is 82.7 Å². The van der Waals surface area contributed by atoms with Crippen molar-refractivity contribution in [1.29, 1.82) is 5.26 Å². The number of rotatable bonds is 7. The molecule has 12 heteroatoms. The summed E-state index contributed by atoms with van der Waals surface area (Å²) >= 11 is 0. The van der Waals surface area contributed by atoms with Gasteiger partial charge in [0, 0.05) is 62.0 Å². The highest BCUT2D eigenvalue weighted by molar-refractivity contribution is 7.91. The number of H-pyrrole nitrogens is 1. The van der Waals surface area contributed by atoms with E-state index >= 15 is 0 Å². The Morgan fingerprint density at radius 1 is 1.15 bits per heavy atom. The number of hydrogen-bond donors (Lipinski definition) is 3. The van der Waals surface area contributed by atoms with Gasteiger partial charge in [0.25, 0.3) is 0 Å². The van der Waals surface area contributed by atoms with Gasteiger partial charge in [0.2, 0.25) is 5.95 Å². The minimum atomic E-state index is -2.98. The maximum atomic E-state index is 11.9. The fraction of sp³-hybridized carbons (Fsp3) is 0.636. The highest BCUT2D eigenvalue weighted by Gasteiger charge is 2.40. The number of hydrogen-bond acceptors (Lipinski definition) is 10. The predicted octanol–water partition coefficient (Wildman–Crippen LogP) is 1.81. The maximum Gasteiger partial charge on any atom is 0.226 e. The van der Waals surface area contributed by atoms with Crippen molar-refractivity contribution in [2.75, 3.05) is 46.7 Å². The first-order valence-corrected chi connectivity index (χ1v) is 13.7. The molecule has 3 fully saturated rings. The number of aryl methyl sites for hydroxylation is 1. The van der Waals surface area contributed by atoms with Gasteiger partial charge in [0.15, 0.2) is 15.7 Å². The van der Waals surface area contributed by atoms with Crippen LogP contribution in [0.25, 0.3) is 0 Å². The fourth-order valence-corrected chi connectivity index (χ4v) is 6.60. The van der Waals surface area contributed by atoms with E-state index in [1.54, 1.807) is 0 Å². The van der Waals surface area contributed by atoms with Crippen molar-refractivity contribution in [3.63, 3.8) is 0 Å². The summed E-state index contributed by atoms with van der Waals surface area (Å²) in [5.74, 6) is 2.78. The number of nitriles is 1. The van der Waals surface area contributed by atoms with Crippen LogP contribution >= 0.6 is 0 Å². The Morgan fingerprint density at radius 2 is 1.88 bits per heavy atom. The molecule has 1 unspecified atom stereocenters. The molecule has 5 rings (SSSR count). The van der Waals surface area contributed by atoms with Crippen molar-refractivity contribution in [3.8, 4) is 6.07 Å². The van der Waals surface area contributed by atoms with E-state index in [4.69, 9.17) is 15.2 Å². The molecule has 34 heavy (non-hydrogen) atoms. The molecule has 3 N–H and O–H groups in total. The van der Waals surface area contributed by atoms with Gasteiger partial charge in [-0.25, -0.2) is 8.42 Å². The van der Waals surface area contributed by atoms with E-state index in [1.165, 1.54) is 12.8 Å². The summed E-state index contributed by atoms with van der Waals surface area (Å²) in [6.07, 6.45) is 4.91. The van der Waals surface area contributed by atoms with Crippen LogP contribution in [0.4, 0.5) is 23.4 Å². The average Bonchev–Trinajstić information content (AvgIpc) is 3.30. The zero-order chi connectivity index (χ0) is 23.7. The predicted molar refractivity (Wildman–Crippen MR) is 130 cm³/mol. The van der Waals surface area contributed by atoms with E-state index in [2.05, 4.69) is 31.8 Å². The number of fused-ring (bicyclic) bond motifs is 2. The number of piperidine rings is 1. The third kappa shape index (κ3) is 5.10. The van der Waals surface area contributed by atoms with E-state index in [0.717, 1.165) is 25.1 Å². The molecule has 11 nitrogen and oxygen atoms in total. The van der Waals surface area contributed by atoms with Crippen LogP contribution in [0.2, 0.25) is 0 Å². The van der Waals surface area contributed by atoms with E-state index in [-0.39, 0.29) is 17.5 Å². The molecule has 0 aromatic carbocycles. The Kier molecular flexibility index (Phi) is 6.31. The van der Waals surface area contributed by atoms with Gasteiger partial charge in [-0.1, -0.05) is 0 Å². The molecule has 2 aromatic rings. The van der Waals surface area contributed by atoms with Crippen molar-refractivity contribution in [3.05, 3.63) is 17.8 Å². The number of sulfone groups is 1. The Labute approximate surface area is 199 Å². The van der Waals surface area contributed by atoms with E-state index < -0.39 is 9.84 Å². The molecule has 0 amide bonds. The zero-order valence-electron chi connectivity index (χ0n) is 19.4. The highest BCUT2D eigenvalue weighted by atomic mass is 32.2. The smallest absolute Gasteiger partial charge is 0.226 e. The summed E-state index contributed by atoms with van der Waals surface area (Å²) in [6.45, 7) is 3.61. The van der Waals surface area contributed by atoms with Crippen LogP contribution in [0.3, 0.4) is 0 Å². The minimum Gasteiger partial charge on any atom is -0.354 e. The molecule has 3 saturated heterocycles. The monoisotopic (exact) mass is 485 g/mol. The first-order chi connectivity index (χ1) is 16.4. The topological polar surface area (TPSA) is 143 Å². The molecular weight excluding hydrogens is 454 g/mol. The van der Waals surface area contributed by atoms with Crippen LogP contribution in [0, 0.1) is 18.3 Å². The summed E-state index contributed by atoms with van der Waals surface area (Å²) in [6, 6.07) is 7.26. The average molecular weight is 486 g/mol. The molecule has 0 saturated carbocycles. The van der Waals surface area contributed by atoms with Crippen molar-refractivity contribution in [2.45, 2.75) is 57.2 Å². The largest absolute Gasteiger partial charge is 0.354 e. The lowest BCUT2D eigenvalue weighted by Crippen LogP contribution is -2.47. The molecule has 3 atom stereocenters. The SMILES string of the molecule is Cc1cc(Nc2cc(N3CCS(=O)(=O)CC3)nc(NC3C[C@H]4CC[C@@H](C3)N4CCC#N)n2)n[nH]1. The summed E-state index contributed by atoms with van der Waals surface area (Å²) < 4.78 is 23.8. The van der Waals surface area contributed by atoms with Crippen molar-refractivity contribution < 1.29 is 8.42 Å². The third-order valence-electron chi connectivity index (χ3n) is 7.04. The second-order valence-corrected chi connectivity index (χ2v) is 11.8. The molecule has 3 aliphatic rings. The highest BCUT2D eigenvalue weighted by Crippen LogP contribution is 2.37. The standard InChI is InChI=1S/C22H31N9O2S/c1-15-11-20(29-28-15)25-19-14-21(30-7-9-34(32,33)10-8-30)27-22(26-19)24-16-12-17-3-4-18(13-16)31(17)6-2-5-23/h11,14,16-18H,2-4,6-10,12-13H2,1H3,(H3,24,25,26,27,28,29)/t16?,17-,18+. The summed E-state index contributed by atoms with van der Waals surface area (Å²) in [5.41, 5.74) is 0.940. The van der Waals surface area contributed by atoms with Gasteiger partial charge in [-0.3, -0.25) is 10.00 Å². The number of aromatic amines is 1. The summed E-state index contributed by atoms with van der Waals surface area (Å²) in [7, 11) is -2.98.